The van der Waals surface area contributed by atoms with Gasteiger partial charge < -0.3 is 4.90 Å². The fourth-order valence-corrected chi connectivity index (χ4v) is 5.08. The number of hydrogen-bond donors (Lipinski definition) is 0. The SMILES string of the molecule is Cc1cc(C)c2nc(N(CCN(C)C)C(=O)c3ccc4ncsc4c3)sc2c1. The Morgan fingerprint density at radius 3 is 2.68 bits per heavy atom. The maximum Gasteiger partial charge on any atom is 0.260 e. The lowest BCUT2D eigenvalue weighted by molar-refractivity contribution is 0.0985. The number of likely N-dealkylation sites (N-methyl/N-ethyl adjacent to an activating group) is 1. The molecule has 2 aromatic heterocycles. The van der Waals surface area contributed by atoms with Crippen LogP contribution in [-0.2, 0) is 0 Å². The van der Waals surface area contributed by atoms with E-state index >= 15 is 0 Å². The van der Waals surface area contributed by atoms with Crippen molar-refractivity contribution in [2.75, 3.05) is 32.1 Å². The minimum Gasteiger partial charge on any atom is -0.308 e. The monoisotopic (exact) mass is 410 g/mol. The van der Waals surface area contributed by atoms with Crippen LogP contribution in [0.25, 0.3) is 20.4 Å². The Morgan fingerprint density at radius 2 is 1.89 bits per heavy atom. The predicted molar refractivity (Wildman–Crippen MR) is 119 cm³/mol. The van der Waals surface area contributed by atoms with E-state index < -0.39 is 0 Å². The van der Waals surface area contributed by atoms with Gasteiger partial charge in [-0.05, 0) is 63.3 Å². The van der Waals surface area contributed by atoms with E-state index in [-0.39, 0.29) is 5.91 Å². The van der Waals surface area contributed by atoms with Crippen molar-refractivity contribution in [3.05, 3.63) is 52.5 Å². The van der Waals surface area contributed by atoms with Gasteiger partial charge in [0, 0.05) is 18.7 Å². The number of thiazole rings is 2. The second-order valence-electron chi connectivity index (χ2n) is 7.22. The zero-order valence-corrected chi connectivity index (χ0v) is 18.0. The number of benzene rings is 2. The highest BCUT2D eigenvalue weighted by molar-refractivity contribution is 7.22. The van der Waals surface area contributed by atoms with E-state index in [4.69, 9.17) is 4.98 Å². The Morgan fingerprint density at radius 1 is 1.07 bits per heavy atom. The van der Waals surface area contributed by atoms with Gasteiger partial charge in [-0.15, -0.1) is 11.3 Å². The summed E-state index contributed by atoms with van der Waals surface area (Å²) in [5, 5.41) is 0.750. The normalized spacial score (nSPS) is 11.6. The number of amides is 1. The molecule has 0 aliphatic carbocycles. The Balaban J connectivity index is 1.75. The molecule has 7 heteroatoms. The third kappa shape index (κ3) is 3.65. The summed E-state index contributed by atoms with van der Waals surface area (Å²) in [6, 6.07) is 9.97. The minimum absolute atomic E-state index is 0.0226. The van der Waals surface area contributed by atoms with E-state index in [9.17, 15) is 4.79 Å². The lowest BCUT2D eigenvalue weighted by atomic mass is 10.1. The van der Waals surface area contributed by atoms with Crippen molar-refractivity contribution < 1.29 is 4.79 Å². The van der Waals surface area contributed by atoms with Crippen LogP contribution in [0.5, 0.6) is 0 Å². The van der Waals surface area contributed by atoms with Crippen LogP contribution in [0.1, 0.15) is 21.5 Å². The summed E-state index contributed by atoms with van der Waals surface area (Å²) in [6.45, 7) is 5.51. The number of fused-ring (bicyclic) bond motifs is 2. The number of rotatable bonds is 5. The molecule has 4 aromatic rings. The molecule has 0 aliphatic heterocycles. The number of carbonyl (C=O) groups excluding carboxylic acids is 1. The second-order valence-corrected chi connectivity index (χ2v) is 9.12. The number of aryl methyl sites for hydroxylation is 2. The van der Waals surface area contributed by atoms with E-state index in [1.54, 1.807) is 28.2 Å². The zero-order valence-electron chi connectivity index (χ0n) is 16.4. The van der Waals surface area contributed by atoms with Crippen molar-refractivity contribution in [3.63, 3.8) is 0 Å². The van der Waals surface area contributed by atoms with Crippen LogP contribution in [0, 0.1) is 13.8 Å². The third-order valence-corrected chi connectivity index (χ3v) is 6.46. The average molecular weight is 411 g/mol. The van der Waals surface area contributed by atoms with E-state index in [1.807, 2.05) is 37.2 Å². The highest BCUT2D eigenvalue weighted by Crippen LogP contribution is 2.32. The second kappa shape index (κ2) is 7.58. The molecule has 0 saturated heterocycles. The Kier molecular flexibility index (Phi) is 5.14. The van der Waals surface area contributed by atoms with Crippen LogP contribution in [-0.4, -0.2) is 48.0 Å². The summed E-state index contributed by atoms with van der Waals surface area (Å²) in [5.74, 6) is -0.0226. The van der Waals surface area contributed by atoms with Crippen LogP contribution < -0.4 is 4.90 Å². The molecule has 0 bridgehead atoms. The Hall–Kier alpha value is -2.35. The van der Waals surface area contributed by atoms with Gasteiger partial charge in [-0.3, -0.25) is 9.69 Å². The van der Waals surface area contributed by atoms with Crippen LogP contribution in [0.3, 0.4) is 0 Å². The van der Waals surface area contributed by atoms with Crippen LogP contribution in [0.2, 0.25) is 0 Å². The van der Waals surface area contributed by atoms with Crippen molar-refractivity contribution in [2.24, 2.45) is 0 Å². The van der Waals surface area contributed by atoms with Gasteiger partial charge in [0.25, 0.3) is 5.91 Å². The highest BCUT2D eigenvalue weighted by atomic mass is 32.1. The molecule has 0 atom stereocenters. The standard InChI is InChI=1S/C21H22N4OS2/c1-13-9-14(2)19-18(10-13)28-21(23-19)25(8-7-24(3)4)20(26)15-5-6-16-17(11-15)27-12-22-16/h5-6,9-12H,7-8H2,1-4H3. The molecule has 0 radical (unpaired) electrons. The predicted octanol–water partition coefficient (Wildman–Crippen LogP) is 4.73. The summed E-state index contributed by atoms with van der Waals surface area (Å²) in [4.78, 5) is 26.4. The summed E-state index contributed by atoms with van der Waals surface area (Å²) in [6.07, 6.45) is 0. The number of aromatic nitrogens is 2. The fourth-order valence-electron chi connectivity index (χ4n) is 3.20. The average Bonchev–Trinajstić information content (AvgIpc) is 3.27. The van der Waals surface area contributed by atoms with E-state index in [2.05, 4.69) is 35.9 Å². The largest absolute Gasteiger partial charge is 0.308 e. The first-order chi connectivity index (χ1) is 13.4. The number of nitrogens with zero attached hydrogens (tertiary/aromatic N) is 4. The Bertz CT molecular complexity index is 1160. The van der Waals surface area contributed by atoms with Crippen LogP contribution >= 0.6 is 22.7 Å². The van der Waals surface area contributed by atoms with E-state index in [0.29, 0.717) is 12.1 Å². The molecular formula is C21H22N4OS2. The van der Waals surface area contributed by atoms with Gasteiger partial charge in [-0.2, -0.15) is 0 Å². The fraction of sp³-hybridized carbons (Fsp3) is 0.286. The highest BCUT2D eigenvalue weighted by Gasteiger charge is 2.22. The molecule has 5 nitrogen and oxygen atoms in total. The molecule has 0 unspecified atom stereocenters. The molecule has 2 heterocycles. The summed E-state index contributed by atoms with van der Waals surface area (Å²) in [7, 11) is 4.02. The van der Waals surface area contributed by atoms with Gasteiger partial charge in [0.15, 0.2) is 5.13 Å². The molecule has 1 amide bonds. The minimum atomic E-state index is -0.0226. The molecule has 0 N–H and O–H groups in total. The zero-order chi connectivity index (χ0) is 19.8. The van der Waals surface area contributed by atoms with Crippen molar-refractivity contribution in [1.29, 1.82) is 0 Å². The molecule has 4 rings (SSSR count). The summed E-state index contributed by atoms with van der Waals surface area (Å²) < 4.78 is 2.14. The van der Waals surface area contributed by atoms with Gasteiger partial charge in [-0.25, -0.2) is 9.97 Å². The first-order valence-corrected chi connectivity index (χ1v) is 10.8. The summed E-state index contributed by atoms with van der Waals surface area (Å²) in [5.41, 5.74) is 6.73. The van der Waals surface area contributed by atoms with Gasteiger partial charge in [-0.1, -0.05) is 17.4 Å². The first kappa shape index (κ1) is 19.0. The van der Waals surface area contributed by atoms with Gasteiger partial charge in [0.05, 0.1) is 25.9 Å². The van der Waals surface area contributed by atoms with E-state index in [0.717, 1.165) is 37.7 Å². The molecular weight excluding hydrogens is 388 g/mol. The quantitative estimate of drug-likeness (QED) is 0.477. The lowest BCUT2D eigenvalue weighted by Crippen LogP contribution is -2.36. The maximum atomic E-state index is 13.4. The molecule has 0 aliphatic rings. The van der Waals surface area contributed by atoms with Gasteiger partial charge in [0.2, 0.25) is 0 Å². The van der Waals surface area contributed by atoms with Crippen molar-refractivity contribution >= 4 is 54.1 Å². The maximum absolute atomic E-state index is 13.4. The van der Waals surface area contributed by atoms with Crippen LogP contribution in [0.4, 0.5) is 5.13 Å². The molecule has 2 aromatic carbocycles. The number of carbonyl (C=O) groups is 1. The van der Waals surface area contributed by atoms with Crippen molar-refractivity contribution in [1.82, 2.24) is 14.9 Å². The molecule has 0 fully saturated rings. The van der Waals surface area contributed by atoms with Gasteiger partial charge >= 0.3 is 0 Å². The van der Waals surface area contributed by atoms with Gasteiger partial charge in [0.1, 0.15) is 0 Å². The van der Waals surface area contributed by atoms with Crippen LogP contribution in [0.15, 0.2) is 35.8 Å². The summed E-state index contributed by atoms with van der Waals surface area (Å²) >= 11 is 3.13. The number of anilines is 1. The smallest absolute Gasteiger partial charge is 0.260 e. The molecule has 28 heavy (non-hydrogen) atoms. The number of hydrogen-bond acceptors (Lipinski definition) is 6. The van der Waals surface area contributed by atoms with E-state index in [1.165, 1.54) is 5.56 Å². The van der Waals surface area contributed by atoms with Crippen molar-refractivity contribution in [2.45, 2.75) is 13.8 Å². The lowest BCUT2D eigenvalue weighted by Gasteiger charge is -2.22. The molecule has 0 saturated carbocycles. The Labute approximate surface area is 172 Å². The topological polar surface area (TPSA) is 49.3 Å². The third-order valence-electron chi connectivity index (χ3n) is 4.64. The molecule has 144 valence electrons. The molecule has 0 spiro atoms. The van der Waals surface area contributed by atoms with Crippen molar-refractivity contribution in [3.8, 4) is 0 Å². The first-order valence-electron chi connectivity index (χ1n) is 9.10.